The van der Waals surface area contributed by atoms with Gasteiger partial charge in [-0.1, -0.05) is 36.4 Å². The predicted molar refractivity (Wildman–Crippen MR) is 108 cm³/mol. The second-order valence-electron chi connectivity index (χ2n) is 6.64. The van der Waals surface area contributed by atoms with Gasteiger partial charge < -0.3 is 15.6 Å². The highest BCUT2D eigenvalue weighted by Crippen LogP contribution is 2.25. The molecule has 1 aliphatic rings. The van der Waals surface area contributed by atoms with Crippen molar-refractivity contribution in [3.63, 3.8) is 0 Å². The van der Waals surface area contributed by atoms with Gasteiger partial charge in [-0.2, -0.15) is 0 Å². The van der Waals surface area contributed by atoms with Crippen LogP contribution in [-0.4, -0.2) is 30.5 Å². The lowest BCUT2D eigenvalue weighted by molar-refractivity contribution is 0.0953. The zero-order chi connectivity index (χ0) is 17.1. The second kappa shape index (κ2) is 8.39. The standard InChI is InChI=1S/C21H23N3O.ClH/c25-21(19-7-2-1-5-17(19)15-9-11-22-13-15)23-12-10-16-14-24-20-8-4-3-6-18(16)20;/h1-8,14-15,22,24H,9-13H2,(H,23,25);1H. The third-order valence-corrected chi connectivity index (χ3v) is 5.06. The largest absolute Gasteiger partial charge is 0.361 e. The highest BCUT2D eigenvalue weighted by atomic mass is 35.5. The van der Waals surface area contributed by atoms with Crippen LogP contribution in [0.25, 0.3) is 10.9 Å². The van der Waals surface area contributed by atoms with E-state index in [4.69, 9.17) is 0 Å². The Kier molecular flexibility index (Phi) is 5.96. The average molecular weight is 370 g/mol. The van der Waals surface area contributed by atoms with Gasteiger partial charge in [0.25, 0.3) is 5.91 Å². The Hall–Kier alpha value is -2.30. The fourth-order valence-corrected chi connectivity index (χ4v) is 3.72. The SMILES string of the molecule is Cl.O=C(NCCc1c[nH]c2ccccc12)c1ccccc1C1CCNC1. The molecule has 4 rings (SSSR count). The van der Waals surface area contributed by atoms with E-state index in [1.54, 1.807) is 0 Å². The summed E-state index contributed by atoms with van der Waals surface area (Å²) in [7, 11) is 0. The number of aromatic nitrogens is 1. The van der Waals surface area contributed by atoms with Gasteiger partial charge in [0.05, 0.1) is 0 Å². The smallest absolute Gasteiger partial charge is 0.251 e. The van der Waals surface area contributed by atoms with Crippen LogP contribution in [0.2, 0.25) is 0 Å². The summed E-state index contributed by atoms with van der Waals surface area (Å²) in [6.45, 7) is 2.62. The van der Waals surface area contributed by atoms with Crippen molar-refractivity contribution in [1.82, 2.24) is 15.6 Å². The van der Waals surface area contributed by atoms with Gasteiger partial charge in [0.2, 0.25) is 0 Å². The number of carbonyl (C=O) groups is 1. The molecule has 0 radical (unpaired) electrons. The van der Waals surface area contributed by atoms with Crippen LogP contribution in [0.5, 0.6) is 0 Å². The normalized spacial score (nSPS) is 16.4. The van der Waals surface area contributed by atoms with Crippen LogP contribution in [0.4, 0.5) is 0 Å². The highest BCUT2D eigenvalue weighted by molar-refractivity contribution is 5.96. The Balaban J connectivity index is 0.00000196. The van der Waals surface area contributed by atoms with E-state index < -0.39 is 0 Å². The molecule has 2 aromatic carbocycles. The third kappa shape index (κ3) is 3.76. The minimum Gasteiger partial charge on any atom is -0.361 e. The number of amides is 1. The first-order valence-corrected chi connectivity index (χ1v) is 8.96. The van der Waals surface area contributed by atoms with Crippen molar-refractivity contribution >= 4 is 29.2 Å². The summed E-state index contributed by atoms with van der Waals surface area (Å²) in [5.74, 6) is 0.470. The van der Waals surface area contributed by atoms with Crippen molar-refractivity contribution in [3.05, 3.63) is 71.4 Å². The van der Waals surface area contributed by atoms with Gasteiger partial charge in [0.1, 0.15) is 0 Å². The van der Waals surface area contributed by atoms with Crippen LogP contribution in [0.1, 0.15) is 33.8 Å². The predicted octanol–water partition coefficient (Wildman–Crippen LogP) is 3.64. The molecule has 0 aliphatic carbocycles. The van der Waals surface area contributed by atoms with Crippen molar-refractivity contribution in [2.45, 2.75) is 18.8 Å². The first kappa shape index (κ1) is 18.5. The lowest BCUT2D eigenvalue weighted by atomic mass is 9.93. The molecule has 1 aliphatic heterocycles. The van der Waals surface area contributed by atoms with Gasteiger partial charge in [-0.25, -0.2) is 0 Å². The Morgan fingerprint density at radius 2 is 1.92 bits per heavy atom. The lowest BCUT2D eigenvalue weighted by Crippen LogP contribution is -2.27. The minimum atomic E-state index is 0. The monoisotopic (exact) mass is 369 g/mol. The van der Waals surface area contributed by atoms with Crippen molar-refractivity contribution in [3.8, 4) is 0 Å². The number of nitrogens with one attached hydrogen (secondary N) is 3. The molecule has 3 aromatic rings. The molecule has 2 heterocycles. The lowest BCUT2D eigenvalue weighted by Gasteiger charge is -2.14. The first-order valence-electron chi connectivity index (χ1n) is 8.96. The molecule has 26 heavy (non-hydrogen) atoms. The van der Waals surface area contributed by atoms with E-state index in [1.165, 1.54) is 10.9 Å². The number of hydrogen-bond donors (Lipinski definition) is 3. The molecule has 4 nitrogen and oxygen atoms in total. The van der Waals surface area contributed by atoms with Crippen molar-refractivity contribution in [2.75, 3.05) is 19.6 Å². The molecule has 1 amide bonds. The Bertz CT molecular complexity index is 884. The molecule has 1 fully saturated rings. The van der Waals surface area contributed by atoms with Gasteiger partial charge in [0.15, 0.2) is 0 Å². The Labute approximate surface area is 159 Å². The number of para-hydroxylation sites is 1. The van der Waals surface area contributed by atoms with Crippen molar-refractivity contribution in [2.24, 2.45) is 0 Å². The summed E-state index contributed by atoms with van der Waals surface area (Å²) in [4.78, 5) is 16.0. The zero-order valence-electron chi connectivity index (χ0n) is 14.6. The number of halogens is 1. The van der Waals surface area contributed by atoms with E-state index >= 15 is 0 Å². The fraction of sp³-hybridized carbons (Fsp3) is 0.286. The maximum atomic E-state index is 12.7. The summed E-state index contributed by atoms with van der Waals surface area (Å²) in [5, 5.41) is 7.70. The molecule has 0 saturated carbocycles. The molecule has 1 unspecified atom stereocenters. The first-order chi connectivity index (χ1) is 12.3. The van der Waals surface area contributed by atoms with E-state index in [1.807, 2.05) is 36.5 Å². The summed E-state index contributed by atoms with van der Waals surface area (Å²) in [6.07, 6.45) is 3.96. The molecule has 136 valence electrons. The van der Waals surface area contributed by atoms with E-state index in [0.717, 1.165) is 42.6 Å². The van der Waals surface area contributed by atoms with Crippen LogP contribution in [0.3, 0.4) is 0 Å². The van der Waals surface area contributed by atoms with Crippen LogP contribution in [-0.2, 0) is 6.42 Å². The van der Waals surface area contributed by atoms with E-state index in [9.17, 15) is 4.79 Å². The molecule has 0 bridgehead atoms. The Morgan fingerprint density at radius 1 is 1.12 bits per heavy atom. The number of H-pyrrole nitrogens is 1. The molecule has 0 spiro atoms. The Morgan fingerprint density at radius 3 is 2.77 bits per heavy atom. The van der Waals surface area contributed by atoms with Crippen molar-refractivity contribution < 1.29 is 4.79 Å². The highest BCUT2D eigenvalue weighted by Gasteiger charge is 2.21. The summed E-state index contributed by atoms with van der Waals surface area (Å²) in [6, 6.07) is 16.3. The van der Waals surface area contributed by atoms with Crippen LogP contribution in [0.15, 0.2) is 54.7 Å². The molecule has 1 aromatic heterocycles. The molecular formula is C21H24ClN3O. The number of fused-ring (bicyclic) bond motifs is 1. The number of rotatable bonds is 5. The second-order valence-corrected chi connectivity index (χ2v) is 6.64. The third-order valence-electron chi connectivity index (χ3n) is 5.06. The number of carbonyl (C=O) groups excluding carboxylic acids is 1. The zero-order valence-corrected chi connectivity index (χ0v) is 15.4. The molecule has 3 N–H and O–H groups in total. The van der Waals surface area contributed by atoms with Gasteiger partial charge >= 0.3 is 0 Å². The number of hydrogen-bond acceptors (Lipinski definition) is 2. The average Bonchev–Trinajstić information content (AvgIpc) is 3.32. The topological polar surface area (TPSA) is 56.9 Å². The summed E-state index contributed by atoms with van der Waals surface area (Å²) < 4.78 is 0. The van der Waals surface area contributed by atoms with E-state index in [2.05, 4.69) is 33.8 Å². The van der Waals surface area contributed by atoms with E-state index in [-0.39, 0.29) is 18.3 Å². The minimum absolute atomic E-state index is 0. The van der Waals surface area contributed by atoms with E-state index in [0.29, 0.717) is 12.5 Å². The van der Waals surface area contributed by atoms with Gasteiger partial charge in [-0.15, -0.1) is 12.4 Å². The maximum absolute atomic E-state index is 12.7. The van der Waals surface area contributed by atoms with Crippen molar-refractivity contribution in [1.29, 1.82) is 0 Å². The number of benzene rings is 2. The van der Waals surface area contributed by atoms with Gasteiger partial charge in [-0.05, 0) is 48.6 Å². The fourth-order valence-electron chi connectivity index (χ4n) is 3.72. The van der Waals surface area contributed by atoms with Crippen LogP contribution >= 0.6 is 12.4 Å². The van der Waals surface area contributed by atoms with Crippen LogP contribution in [0, 0.1) is 0 Å². The van der Waals surface area contributed by atoms with Gasteiger partial charge in [-0.3, -0.25) is 4.79 Å². The summed E-state index contributed by atoms with van der Waals surface area (Å²) in [5.41, 5.74) is 4.36. The quantitative estimate of drug-likeness (QED) is 0.643. The molecule has 1 saturated heterocycles. The molecule has 1 atom stereocenters. The van der Waals surface area contributed by atoms with Gasteiger partial charge in [0, 0.05) is 35.8 Å². The molecule has 5 heteroatoms. The summed E-state index contributed by atoms with van der Waals surface area (Å²) >= 11 is 0. The van der Waals surface area contributed by atoms with Crippen LogP contribution < -0.4 is 10.6 Å². The number of aromatic amines is 1. The maximum Gasteiger partial charge on any atom is 0.251 e. The molecular weight excluding hydrogens is 346 g/mol.